The molecule has 0 spiro atoms. The van der Waals surface area contributed by atoms with E-state index in [0.29, 0.717) is 0 Å². The highest BCUT2D eigenvalue weighted by Gasteiger charge is 2.50. The fraction of sp³-hybridized carbons (Fsp3) is 1.00. The first-order valence-corrected chi connectivity index (χ1v) is 7.32. The van der Waals surface area contributed by atoms with Crippen molar-refractivity contribution in [2.45, 2.75) is 77.8 Å². The maximum Gasteiger partial charge on any atom is 0.457 e. The van der Waals surface area contributed by atoms with Crippen LogP contribution >= 0.6 is 0 Å². The van der Waals surface area contributed by atoms with Crippen molar-refractivity contribution >= 4 is 7.12 Å². The van der Waals surface area contributed by atoms with Crippen molar-refractivity contribution in [1.82, 2.24) is 0 Å². The molecule has 1 saturated heterocycles. The van der Waals surface area contributed by atoms with Crippen molar-refractivity contribution in [3.05, 3.63) is 0 Å². The lowest BCUT2D eigenvalue weighted by atomic mass is 9.83. The second-order valence-corrected chi connectivity index (χ2v) is 6.15. The molecule has 0 aromatic heterocycles. The van der Waals surface area contributed by atoms with Crippen LogP contribution in [0.2, 0.25) is 6.32 Å². The van der Waals surface area contributed by atoms with Crippen LogP contribution in [0, 0.1) is 0 Å². The van der Waals surface area contributed by atoms with Crippen molar-refractivity contribution in [3.8, 4) is 0 Å². The minimum Gasteiger partial charge on any atom is -0.403 e. The van der Waals surface area contributed by atoms with Crippen molar-refractivity contribution in [2.75, 3.05) is 13.2 Å². The summed E-state index contributed by atoms with van der Waals surface area (Å²) < 4.78 is 17.5. The lowest BCUT2D eigenvalue weighted by molar-refractivity contribution is 0.00578. The third-order valence-corrected chi connectivity index (χ3v) is 3.92. The van der Waals surface area contributed by atoms with Gasteiger partial charge in [0.1, 0.15) is 0 Å². The van der Waals surface area contributed by atoms with Crippen molar-refractivity contribution < 1.29 is 14.0 Å². The number of rotatable bonds is 8. The summed E-state index contributed by atoms with van der Waals surface area (Å²) in [4.78, 5) is 0. The first-order valence-electron chi connectivity index (χ1n) is 7.32. The van der Waals surface area contributed by atoms with Crippen LogP contribution in [-0.4, -0.2) is 31.5 Å². The zero-order chi connectivity index (χ0) is 13.6. The Morgan fingerprint density at radius 3 is 2.00 bits per heavy atom. The fourth-order valence-corrected chi connectivity index (χ4v) is 1.99. The molecule has 18 heavy (non-hydrogen) atoms. The average Bonchev–Trinajstić information content (AvgIpc) is 2.46. The summed E-state index contributed by atoms with van der Waals surface area (Å²) >= 11 is 0. The van der Waals surface area contributed by atoms with Gasteiger partial charge in [0.2, 0.25) is 0 Å². The molecule has 3 nitrogen and oxygen atoms in total. The van der Waals surface area contributed by atoms with Gasteiger partial charge in [-0.2, -0.15) is 0 Å². The van der Waals surface area contributed by atoms with Crippen molar-refractivity contribution in [2.24, 2.45) is 0 Å². The van der Waals surface area contributed by atoms with Gasteiger partial charge < -0.3 is 14.0 Å². The molecule has 1 aliphatic rings. The molecule has 0 aliphatic carbocycles. The van der Waals surface area contributed by atoms with Gasteiger partial charge in [-0.15, -0.1) is 0 Å². The van der Waals surface area contributed by atoms with Crippen LogP contribution in [0.3, 0.4) is 0 Å². The van der Waals surface area contributed by atoms with Crippen LogP contribution < -0.4 is 0 Å². The molecule has 1 heterocycles. The van der Waals surface area contributed by atoms with Crippen LogP contribution in [0.25, 0.3) is 0 Å². The smallest absolute Gasteiger partial charge is 0.403 e. The Hall–Kier alpha value is -0.0551. The molecule has 0 aromatic rings. The van der Waals surface area contributed by atoms with E-state index in [4.69, 9.17) is 14.0 Å². The van der Waals surface area contributed by atoms with Gasteiger partial charge in [-0.1, -0.05) is 19.8 Å². The highest BCUT2D eigenvalue weighted by atomic mass is 16.7. The van der Waals surface area contributed by atoms with Gasteiger partial charge in [0, 0.05) is 13.2 Å². The van der Waals surface area contributed by atoms with Crippen LogP contribution in [0.4, 0.5) is 0 Å². The van der Waals surface area contributed by atoms with Gasteiger partial charge in [-0.25, -0.2) is 0 Å². The number of hydrogen-bond donors (Lipinski definition) is 0. The zero-order valence-electron chi connectivity index (χ0n) is 12.8. The highest BCUT2D eigenvalue weighted by Crippen LogP contribution is 2.37. The normalized spacial score (nSPS) is 21.5. The van der Waals surface area contributed by atoms with E-state index in [0.717, 1.165) is 26.0 Å². The molecule has 1 rings (SSSR count). The first-order chi connectivity index (χ1) is 8.39. The molecule has 106 valence electrons. The summed E-state index contributed by atoms with van der Waals surface area (Å²) in [6, 6.07) is 0. The molecule has 0 radical (unpaired) electrons. The lowest BCUT2D eigenvalue weighted by Gasteiger charge is -2.32. The summed E-state index contributed by atoms with van der Waals surface area (Å²) in [6.07, 6.45) is 5.60. The van der Waals surface area contributed by atoms with Crippen molar-refractivity contribution in [1.29, 1.82) is 0 Å². The third-order valence-electron chi connectivity index (χ3n) is 3.92. The lowest BCUT2D eigenvalue weighted by Crippen LogP contribution is -2.41. The van der Waals surface area contributed by atoms with Gasteiger partial charge >= 0.3 is 7.12 Å². The molecule has 0 saturated carbocycles. The Labute approximate surface area is 113 Å². The standard InChI is InChI=1S/C14H29BO3/c1-6-7-8-11-16-12-9-10-15-17-13(2,3)14(4,5)18-15/h6-12H2,1-5H3. The Morgan fingerprint density at radius 1 is 0.889 bits per heavy atom. The van der Waals surface area contributed by atoms with Crippen molar-refractivity contribution in [3.63, 3.8) is 0 Å². The monoisotopic (exact) mass is 256 g/mol. The van der Waals surface area contributed by atoms with Gasteiger partial charge in [0.15, 0.2) is 0 Å². The van der Waals surface area contributed by atoms with Gasteiger partial charge in [0.25, 0.3) is 0 Å². The van der Waals surface area contributed by atoms with Crippen LogP contribution in [0.1, 0.15) is 60.3 Å². The minimum absolute atomic E-state index is 0.0748. The Balaban J connectivity index is 2.08. The summed E-state index contributed by atoms with van der Waals surface area (Å²) in [6.45, 7) is 12.3. The van der Waals surface area contributed by atoms with E-state index in [2.05, 4.69) is 34.6 Å². The predicted octanol–water partition coefficient (Wildman–Crippen LogP) is 3.68. The van der Waals surface area contributed by atoms with Gasteiger partial charge in [0.05, 0.1) is 11.2 Å². The van der Waals surface area contributed by atoms with E-state index in [1.807, 2.05) is 0 Å². The van der Waals surface area contributed by atoms with E-state index < -0.39 is 0 Å². The Bertz CT molecular complexity index is 225. The molecule has 0 bridgehead atoms. The Kier molecular flexibility index (Phi) is 6.15. The fourth-order valence-electron chi connectivity index (χ4n) is 1.99. The number of hydrogen-bond acceptors (Lipinski definition) is 3. The maximum atomic E-state index is 5.93. The van der Waals surface area contributed by atoms with E-state index in [-0.39, 0.29) is 18.3 Å². The first kappa shape index (κ1) is 16.0. The molecular weight excluding hydrogens is 227 g/mol. The largest absolute Gasteiger partial charge is 0.457 e. The summed E-state index contributed by atoms with van der Waals surface area (Å²) in [7, 11) is -0.0748. The summed E-state index contributed by atoms with van der Waals surface area (Å²) in [5, 5.41) is 0. The van der Waals surface area contributed by atoms with E-state index in [1.54, 1.807) is 0 Å². The molecule has 0 amide bonds. The molecule has 0 atom stereocenters. The highest BCUT2D eigenvalue weighted by molar-refractivity contribution is 6.45. The minimum atomic E-state index is -0.209. The van der Waals surface area contributed by atoms with Crippen LogP contribution in [-0.2, 0) is 14.0 Å². The van der Waals surface area contributed by atoms with E-state index in [9.17, 15) is 0 Å². The van der Waals surface area contributed by atoms with E-state index >= 15 is 0 Å². The maximum absolute atomic E-state index is 5.93. The Morgan fingerprint density at radius 2 is 1.44 bits per heavy atom. The van der Waals surface area contributed by atoms with Crippen LogP contribution in [0.5, 0.6) is 0 Å². The SMILES string of the molecule is CCCCCOCCCB1OC(C)(C)C(C)(C)O1. The molecule has 1 aliphatic heterocycles. The molecule has 0 N–H and O–H groups in total. The summed E-state index contributed by atoms with van der Waals surface area (Å²) in [5.74, 6) is 0. The molecular formula is C14H29BO3. The molecule has 4 heteroatoms. The molecule has 0 unspecified atom stereocenters. The second-order valence-electron chi connectivity index (χ2n) is 6.15. The second kappa shape index (κ2) is 6.92. The number of unbranched alkanes of at least 4 members (excludes halogenated alkanes) is 2. The predicted molar refractivity (Wildman–Crippen MR) is 75.9 cm³/mol. The molecule has 0 aromatic carbocycles. The van der Waals surface area contributed by atoms with E-state index in [1.165, 1.54) is 19.3 Å². The van der Waals surface area contributed by atoms with Gasteiger partial charge in [-0.3, -0.25) is 0 Å². The van der Waals surface area contributed by atoms with Gasteiger partial charge in [-0.05, 0) is 46.9 Å². The van der Waals surface area contributed by atoms with Crippen LogP contribution in [0.15, 0.2) is 0 Å². The quantitative estimate of drug-likeness (QED) is 0.489. The third kappa shape index (κ3) is 4.56. The molecule has 1 fully saturated rings. The average molecular weight is 256 g/mol. The zero-order valence-corrected chi connectivity index (χ0v) is 12.8. The number of ether oxygens (including phenoxy) is 1. The topological polar surface area (TPSA) is 27.7 Å². The summed E-state index contributed by atoms with van der Waals surface area (Å²) in [5.41, 5.74) is -0.417.